The summed E-state index contributed by atoms with van der Waals surface area (Å²) < 4.78 is 6.94. The molecule has 9 heteroatoms. The highest BCUT2D eigenvalue weighted by Crippen LogP contribution is 2.21. The Morgan fingerprint density at radius 1 is 1.31 bits per heavy atom. The van der Waals surface area contributed by atoms with E-state index in [1.807, 2.05) is 37.8 Å². The molecule has 1 atom stereocenters. The highest BCUT2D eigenvalue weighted by atomic mass is 16.6. The number of likely N-dealkylation sites (tertiary alicyclic amines) is 1. The van der Waals surface area contributed by atoms with Gasteiger partial charge < -0.3 is 14.5 Å². The smallest absolute Gasteiger partial charge is 0.410 e. The second-order valence-corrected chi connectivity index (χ2v) is 8.43. The van der Waals surface area contributed by atoms with Gasteiger partial charge in [-0.1, -0.05) is 6.07 Å². The van der Waals surface area contributed by atoms with Gasteiger partial charge in [0.2, 0.25) is 0 Å². The van der Waals surface area contributed by atoms with Crippen LogP contribution in [0.15, 0.2) is 30.6 Å². The number of tetrazole rings is 1. The molecule has 1 aromatic carbocycles. The number of carbonyl (C=O) groups is 2. The minimum absolute atomic E-state index is 0.0236. The van der Waals surface area contributed by atoms with Crippen molar-refractivity contribution in [2.75, 3.05) is 26.7 Å². The maximum absolute atomic E-state index is 13.0. The van der Waals surface area contributed by atoms with Crippen molar-refractivity contribution >= 4 is 12.0 Å². The van der Waals surface area contributed by atoms with E-state index in [1.165, 1.54) is 11.0 Å². The average molecular weight is 400 g/mol. The predicted molar refractivity (Wildman–Crippen MR) is 107 cm³/mol. The number of rotatable bonds is 4. The zero-order valence-corrected chi connectivity index (χ0v) is 17.4. The zero-order chi connectivity index (χ0) is 21.0. The van der Waals surface area contributed by atoms with E-state index in [2.05, 4.69) is 15.5 Å². The maximum Gasteiger partial charge on any atom is 0.410 e. The summed E-state index contributed by atoms with van der Waals surface area (Å²) in [7, 11) is 1.74. The molecule has 0 spiro atoms. The molecule has 3 rings (SSSR count). The zero-order valence-electron chi connectivity index (χ0n) is 17.4. The molecule has 0 saturated carbocycles. The third-order valence-electron chi connectivity index (χ3n) is 4.75. The van der Waals surface area contributed by atoms with Crippen molar-refractivity contribution in [3.8, 4) is 5.69 Å². The molecule has 1 fully saturated rings. The largest absolute Gasteiger partial charge is 0.444 e. The van der Waals surface area contributed by atoms with Gasteiger partial charge in [-0.15, -0.1) is 5.10 Å². The molecule has 1 aliphatic rings. The molecule has 2 amide bonds. The molecule has 156 valence electrons. The number of amides is 2. The van der Waals surface area contributed by atoms with E-state index in [4.69, 9.17) is 4.74 Å². The van der Waals surface area contributed by atoms with E-state index >= 15 is 0 Å². The summed E-state index contributed by atoms with van der Waals surface area (Å²) in [5.41, 5.74) is 0.808. The quantitative estimate of drug-likeness (QED) is 0.782. The number of hydrogen-bond acceptors (Lipinski definition) is 6. The van der Waals surface area contributed by atoms with E-state index in [1.54, 1.807) is 24.1 Å². The third-order valence-corrected chi connectivity index (χ3v) is 4.75. The summed E-state index contributed by atoms with van der Waals surface area (Å²) in [6, 6.07) is 7.26. The second-order valence-electron chi connectivity index (χ2n) is 8.43. The summed E-state index contributed by atoms with van der Waals surface area (Å²) in [5, 5.41) is 11.1. The molecule has 0 aliphatic carbocycles. The lowest BCUT2D eigenvalue weighted by molar-refractivity contribution is 0.0244. The first-order valence-electron chi connectivity index (χ1n) is 9.80. The van der Waals surface area contributed by atoms with Gasteiger partial charge in [-0.25, -0.2) is 9.48 Å². The maximum atomic E-state index is 13.0. The summed E-state index contributed by atoms with van der Waals surface area (Å²) in [6.07, 6.45) is 3.04. The predicted octanol–water partition coefficient (Wildman–Crippen LogP) is 2.38. The Labute approximate surface area is 170 Å². The fourth-order valence-corrected chi connectivity index (χ4v) is 3.44. The van der Waals surface area contributed by atoms with E-state index in [0.717, 1.165) is 18.5 Å². The van der Waals surface area contributed by atoms with Gasteiger partial charge in [0.15, 0.2) is 0 Å². The Morgan fingerprint density at radius 2 is 2.10 bits per heavy atom. The number of ether oxygens (including phenoxy) is 1. The Balaban J connectivity index is 1.62. The van der Waals surface area contributed by atoms with E-state index in [9.17, 15) is 9.59 Å². The summed E-state index contributed by atoms with van der Waals surface area (Å²) in [6.45, 7) is 7.43. The Bertz CT molecular complexity index is 846. The van der Waals surface area contributed by atoms with Crippen LogP contribution in [0.3, 0.4) is 0 Å². The van der Waals surface area contributed by atoms with E-state index in [0.29, 0.717) is 25.2 Å². The van der Waals surface area contributed by atoms with Crippen molar-refractivity contribution in [2.24, 2.45) is 5.92 Å². The average Bonchev–Trinajstić information content (AvgIpc) is 3.21. The molecule has 1 aromatic heterocycles. The first kappa shape index (κ1) is 20.8. The first-order valence-corrected chi connectivity index (χ1v) is 9.80. The van der Waals surface area contributed by atoms with Crippen molar-refractivity contribution in [1.82, 2.24) is 30.0 Å². The third kappa shape index (κ3) is 5.52. The fraction of sp³-hybridized carbons (Fsp3) is 0.550. The Kier molecular flexibility index (Phi) is 6.14. The second kappa shape index (κ2) is 8.59. The summed E-state index contributed by atoms with van der Waals surface area (Å²) in [5.74, 6) is 0.192. The molecule has 1 aliphatic heterocycles. The van der Waals surface area contributed by atoms with Crippen LogP contribution in [0.1, 0.15) is 44.0 Å². The van der Waals surface area contributed by atoms with Crippen LogP contribution in [0.25, 0.3) is 5.69 Å². The van der Waals surface area contributed by atoms with E-state index < -0.39 is 5.60 Å². The topological polar surface area (TPSA) is 93.5 Å². The highest BCUT2D eigenvalue weighted by Gasteiger charge is 2.28. The van der Waals surface area contributed by atoms with Crippen molar-refractivity contribution in [2.45, 2.75) is 39.2 Å². The lowest BCUT2D eigenvalue weighted by Crippen LogP contribution is -2.45. The number of benzene rings is 1. The Morgan fingerprint density at radius 3 is 2.79 bits per heavy atom. The number of hydrogen-bond donors (Lipinski definition) is 0. The monoisotopic (exact) mass is 400 g/mol. The van der Waals surface area contributed by atoms with Gasteiger partial charge in [0.05, 0.1) is 5.69 Å². The molecular weight excluding hydrogens is 372 g/mol. The molecule has 0 bridgehead atoms. The van der Waals surface area contributed by atoms with Crippen LogP contribution in [0.5, 0.6) is 0 Å². The molecule has 1 unspecified atom stereocenters. The molecule has 9 nitrogen and oxygen atoms in total. The number of piperidine rings is 1. The molecule has 2 heterocycles. The molecule has 2 aromatic rings. The molecule has 0 N–H and O–H groups in total. The van der Waals surface area contributed by atoms with Crippen molar-refractivity contribution in [3.05, 3.63) is 36.2 Å². The van der Waals surface area contributed by atoms with Gasteiger partial charge in [0, 0.05) is 32.2 Å². The number of aromatic nitrogens is 4. The molecule has 1 saturated heterocycles. The van der Waals surface area contributed by atoms with Crippen LogP contribution in [-0.2, 0) is 4.74 Å². The SMILES string of the molecule is CN(CC1CCCN(C(=O)c2cccc(-n3cnnn3)c2)C1)C(=O)OC(C)(C)C. The summed E-state index contributed by atoms with van der Waals surface area (Å²) >= 11 is 0. The normalized spacial score (nSPS) is 17.1. The van der Waals surface area contributed by atoms with Crippen LogP contribution >= 0.6 is 0 Å². The minimum atomic E-state index is -0.523. The fourth-order valence-electron chi connectivity index (χ4n) is 3.44. The van der Waals surface area contributed by atoms with E-state index in [-0.39, 0.29) is 17.9 Å². The van der Waals surface area contributed by atoms with Gasteiger partial charge in [0.25, 0.3) is 5.91 Å². The molecular formula is C20H28N6O3. The highest BCUT2D eigenvalue weighted by molar-refractivity contribution is 5.94. The van der Waals surface area contributed by atoms with Gasteiger partial charge >= 0.3 is 6.09 Å². The van der Waals surface area contributed by atoms with Crippen LogP contribution in [0.2, 0.25) is 0 Å². The van der Waals surface area contributed by atoms with Crippen molar-refractivity contribution < 1.29 is 14.3 Å². The summed E-state index contributed by atoms with van der Waals surface area (Å²) in [4.78, 5) is 28.7. The van der Waals surface area contributed by atoms with Crippen molar-refractivity contribution in [3.63, 3.8) is 0 Å². The van der Waals surface area contributed by atoms with Crippen LogP contribution < -0.4 is 0 Å². The van der Waals surface area contributed by atoms with Crippen molar-refractivity contribution in [1.29, 1.82) is 0 Å². The van der Waals surface area contributed by atoms with Gasteiger partial charge in [0.1, 0.15) is 11.9 Å². The number of carbonyl (C=O) groups excluding carboxylic acids is 2. The van der Waals surface area contributed by atoms with Gasteiger partial charge in [-0.05, 0) is 68.2 Å². The first-order chi connectivity index (χ1) is 13.7. The molecule has 29 heavy (non-hydrogen) atoms. The lowest BCUT2D eigenvalue weighted by atomic mass is 9.97. The van der Waals surface area contributed by atoms with Crippen LogP contribution in [-0.4, -0.2) is 74.3 Å². The standard InChI is InChI=1S/C20H28N6O3/c1-20(2,3)29-19(28)24(4)12-15-7-6-10-25(13-15)18(27)16-8-5-9-17(11-16)26-14-21-22-23-26/h5,8-9,11,14-15H,6-7,10,12-13H2,1-4H3. The van der Waals surface area contributed by atoms with Crippen LogP contribution in [0.4, 0.5) is 4.79 Å². The lowest BCUT2D eigenvalue weighted by Gasteiger charge is -2.35. The number of nitrogens with zero attached hydrogens (tertiary/aromatic N) is 6. The van der Waals surface area contributed by atoms with Crippen LogP contribution in [0, 0.1) is 5.92 Å². The molecule has 0 radical (unpaired) electrons. The Hall–Kier alpha value is -2.97. The minimum Gasteiger partial charge on any atom is -0.444 e. The van der Waals surface area contributed by atoms with Gasteiger partial charge in [-0.2, -0.15) is 0 Å². The van der Waals surface area contributed by atoms with Gasteiger partial charge in [-0.3, -0.25) is 4.79 Å².